The van der Waals surface area contributed by atoms with Crippen molar-refractivity contribution in [2.45, 2.75) is 39.7 Å². The number of hydrazone groups is 1. The van der Waals surface area contributed by atoms with Crippen LogP contribution < -0.4 is 10.7 Å². The van der Waals surface area contributed by atoms with Crippen molar-refractivity contribution in [3.05, 3.63) is 33.4 Å². The number of rotatable bonds is 4. The van der Waals surface area contributed by atoms with Crippen LogP contribution in [0, 0.1) is 3.57 Å². The number of benzene rings is 1. The Labute approximate surface area is 138 Å². The van der Waals surface area contributed by atoms with Crippen LogP contribution in [0.3, 0.4) is 0 Å². The summed E-state index contributed by atoms with van der Waals surface area (Å²) in [5.41, 5.74) is 3.27. The molecule has 0 heterocycles. The number of hydrogen-bond acceptors (Lipinski definition) is 3. The SMILES string of the molecule is CC(CC(=O)NC(C)(C)C)=NNC(=O)c1cccc(I)c1. The normalized spacial score (nSPS) is 12.0. The minimum Gasteiger partial charge on any atom is -0.351 e. The van der Waals surface area contributed by atoms with Gasteiger partial charge in [-0.2, -0.15) is 5.10 Å². The number of nitrogens with zero attached hydrogens (tertiary/aromatic N) is 1. The Morgan fingerprint density at radius 1 is 1.29 bits per heavy atom. The number of carbonyl (C=O) groups is 2. The van der Waals surface area contributed by atoms with E-state index in [0.717, 1.165) is 3.57 Å². The topological polar surface area (TPSA) is 70.6 Å². The van der Waals surface area contributed by atoms with E-state index in [4.69, 9.17) is 0 Å². The summed E-state index contributed by atoms with van der Waals surface area (Å²) in [6.07, 6.45) is 0.157. The molecule has 21 heavy (non-hydrogen) atoms. The molecule has 0 aliphatic heterocycles. The Balaban J connectivity index is 2.56. The molecule has 2 N–H and O–H groups in total. The number of nitrogens with one attached hydrogen (secondary N) is 2. The molecule has 1 aromatic carbocycles. The predicted octanol–water partition coefficient (Wildman–Crippen LogP) is 2.70. The molecule has 0 fully saturated rings. The minimum absolute atomic E-state index is 0.118. The van der Waals surface area contributed by atoms with Crippen molar-refractivity contribution in [2.75, 3.05) is 0 Å². The van der Waals surface area contributed by atoms with Gasteiger partial charge in [-0.1, -0.05) is 6.07 Å². The van der Waals surface area contributed by atoms with Gasteiger partial charge in [0, 0.05) is 20.4 Å². The van der Waals surface area contributed by atoms with E-state index in [1.165, 1.54) is 0 Å². The lowest BCUT2D eigenvalue weighted by Gasteiger charge is -2.20. The summed E-state index contributed by atoms with van der Waals surface area (Å²) in [6, 6.07) is 7.20. The Hall–Kier alpha value is -1.44. The molecule has 0 saturated heterocycles. The minimum atomic E-state index is -0.288. The van der Waals surface area contributed by atoms with Gasteiger partial charge in [-0.15, -0.1) is 0 Å². The molecular weight excluding hydrogens is 381 g/mol. The van der Waals surface area contributed by atoms with E-state index in [1.54, 1.807) is 19.1 Å². The van der Waals surface area contributed by atoms with Crippen molar-refractivity contribution in [3.8, 4) is 0 Å². The van der Waals surface area contributed by atoms with Crippen molar-refractivity contribution in [1.29, 1.82) is 0 Å². The van der Waals surface area contributed by atoms with Crippen LogP contribution in [-0.2, 0) is 4.79 Å². The van der Waals surface area contributed by atoms with Gasteiger partial charge in [0.1, 0.15) is 0 Å². The van der Waals surface area contributed by atoms with Gasteiger partial charge in [0.15, 0.2) is 0 Å². The zero-order chi connectivity index (χ0) is 16.0. The maximum atomic E-state index is 11.9. The lowest BCUT2D eigenvalue weighted by Crippen LogP contribution is -2.41. The molecule has 5 nitrogen and oxygen atoms in total. The molecule has 1 rings (SSSR count). The Kier molecular flexibility index (Phi) is 6.32. The highest BCUT2D eigenvalue weighted by Gasteiger charge is 2.14. The van der Waals surface area contributed by atoms with Crippen LogP contribution in [0.5, 0.6) is 0 Å². The fraction of sp³-hybridized carbons (Fsp3) is 0.400. The Morgan fingerprint density at radius 2 is 1.95 bits per heavy atom. The molecule has 0 spiro atoms. The summed E-state index contributed by atoms with van der Waals surface area (Å²) in [5, 5.41) is 6.80. The van der Waals surface area contributed by atoms with E-state index in [-0.39, 0.29) is 23.8 Å². The molecule has 0 aliphatic carbocycles. The number of hydrogen-bond donors (Lipinski definition) is 2. The molecule has 0 atom stereocenters. The van der Waals surface area contributed by atoms with Crippen LogP contribution in [0.25, 0.3) is 0 Å². The predicted molar refractivity (Wildman–Crippen MR) is 92.2 cm³/mol. The van der Waals surface area contributed by atoms with Crippen molar-refractivity contribution in [1.82, 2.24) is 10.7 Å². The second-order valence-electron chi connectivity index (χ2n) is 5.77. The summed E-state index contributed by atoms with van der Waals surface area (Å²) in [5.74, 6) is -0.406. The van der Waals surface area contributed by atoms with Gasteiger partial charge >= 0.3 is 0 Å². The first-order valence-electron chi connectivity index (χ1n) is 6.57. The second kappa shape index (κ2) is 7.53. The molecule has 0 saturated carbocycles. The zero-order valence-electron chi connectivity index (χ0n) is 12.7. The highest BCUT2D eigenvalue weighted by atomic mass is 127. The molecule has 0 bridgehead atoms. The summed E-state index contributed by atoms with van der Waals surface area (Å²) < 4.78 is 0.977. The lowest BCUT2D eigenvalue weighted by atomic mass is 10.1. The summed E-state index contributed by atoms with van der Waals surface area (Å²) >= 11 is 2.14. The van der Waals surface area contributed by atoms with Crippen LogP contribution in [0.1, 0.15) is 44.5 Å². The average molecular weight is 401 g/mol. The lowest BCUT2D eigenvalue weighted by molar-refractivity contribution is -0.121. The van der Waals surface area contributed by atoms with E-state index in [0.29, 0.717) is 11.3 Å². The Morgan fingerprint density at radius 3 is 2.52 bits per heavy atom. The summed E-state index contributed by atoms with van der Waals surface area (Å²) in [7, 11) is 0. The van der Waals surface area contributed by atoms with Gasteiger partial charge in [-0.25, -0.2) is 5.43 Å². The average Bonchev–Trinajstić information content (AvgIpc) is 2.33. The standard InChI is InChI=1S/C15H20IN3O2/c1-10(8-13(20)17-15(2,3)4)18-19-14(21)11-6-5-7-12(16)9-11/h5-7,9H,8H2,1-4H3,(H,17,20)(H,19,21). The molecule has 0 unspecified atom stereocenters. The molecule has 0 aliphatic rings. The van der Waals surface area contributed by atoms with Gasteiger partial charge in [-0.05, 0) is 68.5 Å². The highest BCUT2D eigenvalue weighted by molar-refractivity contribution is 14.1. The van der Waals surface area contributed by atoms with Crippen molar-refractivity contribution >= 4 is 40.1 Å². The van der Waals surface area contributed by atoms with E-state index in [9.17, 15) is 9.59 Å². The summed E-state index contributed by atoms with van der Waals surface area (Å²) in [6.45, 7) is 7.44. The Bertz CT molecular complexity index is 562. The van der Waals surface area contributed by atoms with Gasteiger partial charge < -0.3 is 5.32 Å². The van der Waals surface area contributed by atoms with Gasteiger partial charge in [0.2, 0.25) is 5.91 Å². The van der Waals surface area contributed by atoms with E-state index in [1.807, 2.05) is 32.9 Å². The number of halogens is 1. The zero-order valence-corrected chi connectivity index (χ0v) is 14.8. The quantitative estimate of drug-likeness (QED) is 0.463. The third kappa shape index (κ3) is 7.22. The fourth-order valence-electron chi connectivity index (χ4n) is 1.57. The van der Waals surface area contributed by atoms with Crippen LogP contribution in [0.4, 0.5) is 0 Å². The van der Waals surface area contributed by atoms with E-state index in [2.05, 4.69) is 38.4 Å². The first-order valence-corrected chi connectivity index (χ1v) is 7.65. The molecule has 0 radical (unpaired) electrons. The second-order valence-corrected chi connectivity index (χ2v) is 7.02. The molecule has 1 aromatic rings. The van der Waals surface area contributed by atoms with E-state index < -0.39 is 0 Å². The van der Waals surface area contributed by atoms with Crippen molar-refractivity contribution < 1.29 is 9.59 Å². The summed E-state index contributed by atoms with van der Waals surface area (Å²) in [4.78, 5) is 23.6. The molecule has 114 valence electrons. The molecular formula is C15H20IN3O2. The van der Waals surface area contributed by atoms with Gasteiger partial charge in [0.05, 0.1) is 6.42 Å². The van der Waals surface area contributed by atoms with Crippen LogP contribution in [-0.4, -0.2) is 23.1 Å². The highest BCUT2D eigenvalue weighted by Crippen LogP contribution is 2.07. The van der Waals surface area contributed by atoms with Crippen molar-refractivity contribution in [2.24, 2.45) is 5.10 Å². The van der Waals surface area contributed by atoms with Crippen molar-refractivity contribution in [3.63, 3.8) is 0 Å². The van der Waals surface area contributed by atoms with Gasteiger partial charge in [-0.3, -0.25) is 9.59 Å². The first kappa shape index (κ1) is 17.6. The fourth-order valence-corrected chi connectivity index (χ4v) is 2.12. The number of carbonyl (C=O) groups excluding carboxylic acids is 2. The third-order valence-corrected chi connectivity index (χ3v) is 3.04. The van der Waals surface area contributed by atoms with Crippen LogP contribution in [0.15, 0.2) is 29.4 Å². The molecule has 0 aromatic heterocycles. The monoisotopic (exact) mass is 401 g/mol. The third-order valence-electron chi connectivity index (χ3n) is 2.37. The van der Waals surface area contributed by atoms with Crippen LogP contribution in [0.2, 0.25) is 0 Å². The maximum Gasteiger partial charge on any atom is 0.271 e. The smallest absolute Gasteiger partial charge is 0.271 e. The van der Waals surface area contributed by atoms with Gasteiger partial charge in [0.25, 0.3) is 5.91 Å². The van der Waals surface area contributed by atoms with Crippen LogP contribution >= 0.6 is 22.6 Å². The first-order chi connectivity index (χ1) is 9.67. The molecule has 2 amide bonds. The maximum absolute atomic E-state index is 11.9. The molecule has 6 heteroatoms. The number of amides is 2. The largest absolute Gasteiger partial charge is 0.351 e. The van der Waals surface area contributed by atoms with E-state index >= 15 is 0 Å².